The van der Waals surface area contributed by atoms with Crippen molar-refractivity contribution in [2.45, 2.75) is 24.7 Å². The quantitative estimate of drug-likeness (QED) is 0.570. The number of thiazole rings is 1. The number of rotatable bonds is 6. The van der Waals surface area contributed by atoms with Crippen molar-refractivity contribution in [3.63, 3.8) is 0 Å². The van der Waals surface area contributed by atoms with E-state index in [2.05, 4.69) is 31.0 Å². The summed E-state index contributed by atoms with van der Waals surface area (Å²) in [7, 11) is -3.68. The highest BCUT2D eigenvalue weighted by molar-refractivity contribution is 9.10. The number of carbonyl (C=O) groups is 1. The Morgan fingerprint density at radius 2 is 1.92 bits per heavy atom. The molecule has 0 atom stereocenters. The van der Waals surface area contributed by atoms with E-state index < -0.39 is 10.0 Å². The Kier molecular flexibility index (Phi) is 5.59. The molecule has 1 amide bonds. The van der Waals surface area contributed by atoms with Gasteiger partial charge in [-0.3, -0.25) is 9.52 Å². The molecule has 0 bridgehead atoms. The first kappa shape index (κ1) is 18.8. The molecule has 136 valence electrons. The average Bonchev–Trinajstić information content (AvgIpc) is 2.96. The second kappa shape index (κ2) is 7.73. The van der Waals surface area contributed by atoms with Crippen molar-refractivity contribution < 1.29 is 13.2 Å². The maximum atomic E-state index is 12.5. The lowest BCUT2D eigenvalue weighted by Crippen LogP contribution is -2.12. The molecule has 9 heteroatoms. The van der Waals surface area contributed by atoms with E-state index in [-0.39, 0.29) is 10.8 Å². The van der Waals surface area contributed by atoms with Crippen LogP contribution in [-0.2, 0) is 14.8 Å². The Balaban J connectivity index is 1.82. The molecular weight excluding hydrogens is 438 g/mol. The number of anilines is 2. The van der Waals surface area contributed by atoms with E-state index >= 15 is 0 Å². The van der Waals surface area contributed by atoms with Crippen LogP contribution in [0.2, 0.25) is 0 Å². The second-order valence-electron chi connectivity index (χ2n) is 5.56. The number of amides is 1. The summed E-state index contributed by atoms with van der Waals surface area (Å²) in [6.45, 7) is 1.93. The van der Waals surface area contributed by atoms with Crippen molar-refractivity contribution in [3.05, 3.63) is 46.9 Å². The maximum Gasteiger partial charge on any atom is 0.261 e. The van der Waals surface area contributed by atoms with Crippen molar-refractivity contribution >= 4 is 64.2 Å². The van der Waals surface area contributed by atoms with Crippen LogP contribution in [0, 0.1) is 0 Å². The summed E-state index contributed by atoms with van der Waals surface area (Å²) in [5.74, 6) is -0.0808. The predicted octanol–water partition coefficient (Wildman–Crippen LogP) is 4.60. The average molecular weight is 454 g/mol. The highest BCUT2D eigenvalue weighted by atomic mass is 79.9. The Hall–Kier alpha value is -1.97. The van der Waals surface area contributed by atoms with Crippen molar-refractivity contribution in [1.82, 2.24) is 4.98 Å². The fourth-order valence-electron chi connectivity index (χ4n) is 2.28. The molecule has 1 heterocycles. The van der Waals surface area contributed by atoms with E-state index in [1.165, 1.54) is 23.5 Å². The number of halogens is 1. The molecule has 0 aliphatic carbocycles. The highest BCUT2D eigenvalue weighted by Gasteiger charge is 2.15. The first-order chi connectivity index (χ1) is 12.4. The lowest BCUT2D eigenvalue weighted by Gasteiger charge is -2.08. The normalized spacial score (nSPS) is 11.5. The van der Waals surface area contributed by atoms with Gasteiger partial charge < -0.3 is 5.32 Å². The van der Waals surface area contributed by atoms with Gasteiger partial charge in [0.15, 0.2) is 5.13 Å². The number of fused-ring (bicyclic) bond motifs is 1. The summed E-state index contributed by atoms with van der Waals surface area (Å²) in [6, 6.07) is 11.5. The Labute approximate surface area is 163 Å². The van der Waals surface area contributed by atoms with Crippen molar-refractivity contribution in [3.8, 4) is 0 Å². The van der Waals surface area contributed by atoms with Gasteiger partial charge in [0, 0.05) is 10.9 Å². The fourth-order valence-corrected chi connectivity index (χ4v) is 4.46. The standard InChI is InChI=1S/C17H16BrN3O3S2/c1-2-3-16(22)20-17-19-14-10-12(6-9-15(14)25-17)21-26(23,24)13-7-4-11(18)5-8-13/h4-10,21H,2-3H2,1H3,(H,19,20,22). The number of hydrogen-bond donors (Lipinski definition) is 2. The summed E-state index contributed by atoms with van der Waals surface area (Å²) in [5, 5.41) is 3.26. The van der Waals surface area contributed by atoms with Gasteiger partial charge in [0.1, 0.15) is 0 Å². The van der Waals surface area contributed by atoms with E-state index in [4.69, 9.17) is 0 Å². The molecule has 3 aromatic rings. The van der Waals surface area contributed by atoms with E-state index in [1.54, 1.807) is 30.3 Å². The van der Waals surface area contributed by atoms with Gasteiger partial charge in [-0.25, -0.2) is 13.4 Å². The molecule has 6 nitrogen and oxygen atoms in total. The summed E-state index contributed by atoms with van der Waals surface area (Å²) in [5.41, 5.74) is 1.04. The number of carbonyl (C=O) groups excluding carboxylic acids is 1. The first-order valence-corrected chi connectivity index (χ1v) is 11.0. The van der Waals surface area contributed by atoms with Gasteiger partial charge in [0.2, 0.25) is 5.91 Å². The molecule has 0 fully saturated rings. The van der Waals surface area contributed by atoms with Crippen LogP contribution >= 0.6 is 27.3 Å². The third-order valence-corrected chi connectivity index (χ3v) is 6.36. The predicted molar refractivity (Wildman–Crippen MR) is 108 cm³/mol. The van der Waals surface area contributed by atoms with Crippen LogP contribution in [0.25, 0.3) is 10.2 Å². The van der Waals surface area contributed by atoms with E-state index in [9.17, 15) is 13.2 Å². The van der Waals surface area contributed by atoms with Crippen LogP contribution in [0.1, 0.15) is 19.8 Å². The Bertz CT molecular complexity index is 1050. The summed E-state index contributed by atoms with van der Waals surface area (Å²) in [6.07, 6.45) is 1.20. The Morgan fingerprint density at radius 3 is 2.62 bits per heavy atom. The topological polar surface area (TPSA) is 88.2 Å². The van der Waals surface area contributed by atoms with Gasteiger partial charge >= 0.3 is 0 Å². The molecule has 0 radical (unpaired) electrons. The fraction of sp³-hybridized carbons (Fsp3) is 0.176. The van der Waals surface area contributed by atoms with Gasteiger partial charge in [-0.2, -0.15) is 0 Å². The maximum absolute atomic E-state index is 12.5. The Morgan fingerprint density at radius 1 is 1.19 bits per heavy atom. The number of benzene rings is 2. The van der Waals surface area contributed by atoms with Gasteiger partial charge in [-0.15, -0.1) is 0 Å². The van der Waals surface area contributed by atoms with Crippen molar-refractivity contribution in [1.29, 1.82) is 0 Å². The van der Waals surface area contributed by atoms with Crippen molar-refractivity contribution in [2.24, 2.45) is 0 Å². The lowest BCUT2D eigenvalue weighted by atomic mass is 10.3. The summed E-state index contributed by atoms with van der Waals surface area (Å²) in [4.78, 5) is 16.2. The van der Waals surface area contributed by atoms with Crippen molar-refractivity contribution in [2.75, 3.05) is 10.0 Å². The zero-order chi connectivity index (χ0) is 18.7. The number of nitrogens with zero attached hydrogens (tertiary/aromatic N) is 1. The van der Waals surface area contributed by atoms with E-state index in [0.717, 1.165) is 15.6 Å². The van der Waals surface area contributed by atoms with Gasteiger partial charge in [-0.05, 0) is 48.9 Å². The van der Waals surface area contributed by atoms with Gasteiger partial charge in [-0.1, -0.05) is 34.2 Å². The molecule has 0 saturated heterocycles. The largest absolute Gasteiger partial charge is 0.302 e. The van der Waals surface area contributed by atoms with Gasteiger partial charge in [0.05, 0.1) is 20.8 Å². The summed E-state index contributed by atoms with van der Waals surface area (Å²) < 4.78 is 29.2. The molecule has 26 heavy (non-hydrogen) atoms. The lowest BCUT2D eigenvalue weighted by molar-refractivity contribution is -0.116. The minimum Gasteiger partial charge on any atom is -0.302 e. The van der Waals surface area contributed by atoms with E-state index in [1.807, 2.05) is 6.92 Å². The zero-order valence-electron chi connectivity index (χ0n) is 13.8. The molecule has 2 N–H and O–H groups in total. The molecule has 2 aromatic carbocycles. The molecular formula is C17H16BrN3O3S2. The number of sulfonamides is 1. The van der Waals surface area contributed by atoms with Gasteiger partial charge in [0.25, 0.3) is 10.0 Å². The smallest absolute Gasteiger partial charge is 0.261 e. The number of nitrogens with one attached hydrogen (secondary N) is 2. The minimum absolute atomic E-state index is 0.0808. The monoisotopic (exact) mass is 453 g/mol. The van der Waals surface area contributed by atoms with Crippen LogP contribution in [0.5, 0.6) is 0 Å². The van der Waals surface area contributed by atoms with Crippen LogP contribution < -0.4 is 10.0 Å². The van der Waals surface area contributed by atoms with E-state index in [0.29, 0.717) is 22.8 Å². The SMILES string of the molecule is CCCC(=O)Nc1nc2cc(NS(=O)(=O)c3ccc(Br)cc3)ccc2s1. The minimum atomic E-state index is -3.68. The van der Waals surface area contributed by atoms with Crippen LogP contribution in [-0.4, -0.2) is 19.3 Å². The number of aromatic nitrogens is 1. The molecule has 0 aliphatic rings. The molecule has 0 spiro atoms. The molecule has 1 aromatic heterocycles. The molecule has 0 saturated carbocycles. The first-order valence-electron chi connectivity index (χ1n) is 7.86. The molecule has 3 rings (SSSR count). The van der Waals surface area contributed by atoms with Crippen LogP contribution in [0.4, 0.5) is 10.8 Å². The zero-order valence-corrected chi connectivity index (χ0v) is 17.0. The molecule has 0 unspecified atom stereocenters. The summed E-state index contributed by atoms with van der Waals surface area (Å²) >= 11 is 4.63. The van der Waals surface area contributed by atoms with Crippen LogP contribution in [0.3, 0.4) is 0 Å². The van der Waals surface area contributed by atoms with Crippen LogP contribution in [0.15, 0.2) is 51.8 Å². The third kappa shape index (κ3) is 4.40. The number of hydrogen-bond acceptors (Lipinski definition) is 5. The molecule has 0 aliphatic heterocycles. The third-order valence-electron chi connectivity index (χ3n) is 3.49. The second-order valence-corrected chi connectivity index (χ2v) is 9.19. The highest BCUT2D eigenvalue weighted by Crippen LogP contribution is 2.29.